The maximum Gasteiger partial charge on any atom is 0.329 e. The Labute approximate surface area is 97.9 Å². The van der Waals surface area contributed by atoms with E-state index in [1.54, 1.807) is 0 Å². The number of pyridine rings is 1. The molecule has 0 atom stereocenters. The number of hydrogen-bond donors (Lipinski definition) is 1. The number of carboxylic acid groups (broad SMARTS) is 1. The van der Waals surface area contributed by atoms with Gasteiger partial charge in [0, 0.05) is 7.05 Å². The van der Waals surface area contributed by atoms with Gasteiger partial charge in [-0.3, -0.25) is 4.79 Å². The summed E-state index contributed by atoms with van der Waals surface area (Å²) in [5, 5.41) is 8.98. The Morgan fingerprint density at radius 1 is 1.41 bits per heavy atom. The molecular formula is C11H13FN2O3. The summed E-state index contributed by atoms with van der Waals surface area (Å²) in [5.41, 5.74) is -1.35. The van der Waals surface area contributed by atoms with Gasteiger partial charge in [-0.15, -0.1) is 0 Å². The molecule has 1 N–H and O–H groups in total. The van der Waals surface area contributed by atoms with Gasteiger partial charge in [0.1, 0.15) is 17.1 Å². The van der Waals surface area contributed by atoms with Crippen molar-refractivity contribution in [3.63, 3.8) is 0 Å². The number of carboxylic acids is 1. The Kier molecular flexibility index (Phi) is 3.45. The van der Waals surface area contributed by atoms with Crippen LogP contribution in [0.1, 0.15) is 24.3 Å². The number of nitrogens with zero attached hydrogens (tertiary/aromatic N) is 2. The molecule has 1 rings (SSSR count). The Hall–Kier alpha value is -1.98. The van der Waals surface area contributed by atoms with Gasteiger partial charge >= 0.3 is 5.97 Å². The number of carbonyl (C=O) groups is 2. The lowest BCUT2D eigenvalue weighted by molar-refractivity contribution is -0.147. The van der Waals surface area contributed by atoms with Crippen molar-refractivity contribution in [2.75, 3.05) is 7.05 Å². The molecule has 17 heavy (non-hydrogen) atoms. The fourth-order valence-electron chi connectivity index (χ4n) is 1.07. The van der Waals surface area contributed by atoms with E-state index in [2.05, 4.69) is 4.98 Å². The summed E-state index contributed by atoms with van der Waals surface area (Å²) >= 11 is 0. The normalized spacial score (nSPS) is 11.1. The van der Waals surface area contributed by atoms with E-state index in [1.807, 2.05) is 0 Å². The monoisotopic (exact) mass is 240 g/mol. The minimum absolute atomic E-state index is 0.00299. The van der Waals surface area contributed by atoms with E-state index in [4.69, 9.17) is 5.11 Å². The molecule has 92 valence electrons. The third-order valence-electron chi connectivity index (χ3n) is 2.61. The van der Waals surface area contributed by atoms with E-state index in [-0.39, 0.29) is 5.69 Å². The van der Waals surface area contributed by atoms with Crippen molar-refractivity contribution in [3.8, 4) is 0 Å². The molecule has 1 aromatic heterocycles. The molecule has 0 radical (unpaired) electrons. The minimum atomic E-state index is -1.35. The van der Waals surface area contributed by atoms with E-state index in [1.165, 1.54) is 27.0 Å². The molecule has 0 unspecified atom stereocenters. The second-order valence-electron chi connectivity index (χ2n) is 4.09. The number of aliphatic carboxylic acids is 1. The molecule has 0 saturated heterocycles. The highest BCUT2D eigenvalue weighted by Crippen LogP contribution is 2.15. The van der Waals surface area contributed by atoms with Crippen molar-refractivity contribution < 1.29 is 19.1 Å². The first-order valence-corrected chi connectivity index (χ1v) is 4.90. The Bertz CT molecular complexity index is 443. The van der Waals surface area contributed by atoms with Gasteiger partial charge in [-0.25, -0.2) is 14.2 Å². The van der Waals surface area contributed by atoms with Crippen LogP contribution < -0.4 is 0 Å². The Morgan fingerprint density at radius 2 is 2.00 bits per heavy atom. The van der Waals surface area contributed by atoms with Gasteiger partial charge in [-0.05, 0) is 26.0 Å². The molecule has 6 heteroatoms. The number of aromatic nitrogens is 1. The van der Waals surface area contributed by atoms with E-state index in [9.17, 15) is 14.0 Å². The van der Waals surface area contributed by atoms with E-state index < -0.39 is 23.2 Å². The third-order valence-corrected chi connectivity index (χ3v) is 2.61. The smallest absolute Gasteiger partial charge is 0.329 e. The van der Waals surface area contributed by atoms with Crippen LogP contribution in [-0.4, -0.2) is 39.5 Å². The third kappa shape index (κ3) is 2.58. The Balaban J connectivity index is 2.98. The van der Waals surface area contributed by atoms with Gasteiger partial charge in [0.15, 0.2) is 0 Å². The predicted molar refractivity (Wildman–Crippen MR) is 58.0 cm³/mol. The average Bonchev–Trinajstić information content (AvgIpc) is 2.27. The molecule has 0 aliphatic rings. The van der Waals surface area contributed by atoms with Gasteiger partial charge in [-0.1, -0.05) is 0 Å². The highest BCUT2D eigenvalue weighted by atomic mass is 19.1. The quantitative estimate of drug-likeness (QED) is 0.860. The van der Waals surface area contributed by atoms with Crippen LogP contribution in [0, 0.1) is 5.82 Å². The largest absolute Gasteiger partial charge is 0.480 e. The lowest BCUT2D eigenvalue weighted by atomic mass is 10.0. The number of carbonyl (C=O) groups excluding carboxylic acids is 1. The van der Waals surface area contributed by atoms with Crippen molar-refractivity contribution in [1.82, 2.24) is 9.88 Å². The molecule has 1 aromatic rings. The fourth-order valence-corrected chi connectivity index (χ4v) is 1.07. The van der Waals surface area contributed by atoms with Crippen LogP contribution in [0.15, 0.2) is 18.3 Å². The number of amides is 1. The molecule has 0 aliphatic carbocycles. The van der Waals surface area contributed by atoms with Crippen LogP contribution in [0.25, 0.3) is 0 Å². The SMILES string of the molecule is CN(C(=O)c1ccc(F)cn1)C(C)(C)C(=O)O. The molecule has 5 nitrogen and oxygen atoms in total. The minimum Gasteiger partial charge on any atom is -0.480 e. The first-order valence-electron chi connectivity index (χ1n) is 4.90. The van der Waals surface area contributed by atoms with Gasteiger partial charge in [0.05, 0.1) is 6.20 Å². The number of hydrogen-bond acceptors (Lipinski definition) is 3. The van der Waals surface area contributed by atoms with Crippen LogP contribution in [0.4, 0.5) is 4.39 Å². The molecule has 1 heterocycles. The standard InChI is InChI=1S/C11H13FN2O3/c1-11(2,10(16)17)14(3)9(15)8-5-4-7(12)6-13-8/h4-6H,1-3H3,(H,16,17). The highest BCUT2D eigenvalue weighted by molar-refractivity contribution is 5.95. The summed E-state index contributed by atoms with van der Waals surface area (Å²) in [4.78, 5) is 27.5. The first kappa shape index (κ1) is 13.1. The average molecular weight is 240 g/mol. The summed E-state index contributed by atoms with van der Waals surface area (Å²) in [6.45, 7) is 2.80. The number of rotatable bonds is 3. The molecule has 0 fully saturated rings. The first-order chi connectivity index (χ1) is 7.76. The van der Waals surface area contributed by atoms with Crippen LogP contribution in [0.3, 0.4) is 0 Å². The van der Waals surface area contributed by atoms with Crippen LogP contribution >= 0.6 is 0 Å². The zero-order valence-electron chi connectivity index (χ0n) is 9.77. The van der Waals surface area contributed by atoms with Gasteiger partial charge in [0.25, 0.3) is 5.91 Å². The van der Waals surface area contributed by atoms with Crippen molar-refractivity contribution in [2.45, 2.75) is 19.4 Å². The van der Waals surface area contributed by atoms with Crippen molar-refractivity contribution in [3.05, 3.63) is 29.8 Å². The lowest BCUT2D eigenvalue weighted by Crippen LogP contribution is -2.50. The summed E-state index contributed by atoms with van der Waals surface area (Å²) in [6.07, 6.45) is 0.912. The predicted octanol–water partition coefficient (Wildman–Crippen LogP) is 1.16. The highest BCUT2D eigenvalue weighted by Gasteiger charge is 2.35. The second kappa shape index (κ2) is 4.48. The molecule has 0 bridgehead atoms. The van der Waals surface area contributed by atoms with Crippen molar-refractivity contribution in [2.24, 2.45) is 0 Å². The molecule has 1 amide bonds. The zero-order valence-corrected chi connectivity index (χ0v) is 9.77. The Morgan fingerprint density at radius 3 is 2.41 bits per heavy atom. The van der Waals surface area contributed by atoms with Crippen LogP contribution in [-0.2, 0) is 4.79 Å². The van der Waals surface area contributed by atoms with Crippen LogP contribution in [0.5, 0.6) is 0 Å². The van der Waals surface area contributed by atoms with Gasteiger partial charge in [0.2, 0.25) is 0 Å². The molecule has 0 aliphatic heterocycles. The van der Waals surface area contributed by atoms with Gasteiger partial charge < -0.3 is 10.0 Å². The lowest BCUT2D eigenvalue weighted by Gasteiger charge is -2.31. The second-order valence-corrected chi connectivity index (χ2v) is 4.09. The van der Waals surface area contributed by atoms with E-state index in [0.29, 0.717) is 0 Å². The molecular weight excluding hydrogens is 227 g/mol. The fraction of sp³-hybridized carbons (Fsp3) is 0.364. The number of halogens is 1. The van der Waals surface area contributed by atoms with Crippen molar-refractivity contribution >= 4 is 11.9 Å². The molecule has 0 spiro atoms. The molecule has 0 aromatic carbocycles. The summed E-state index contributed by atoms with van der Waals surface area (Å²) < 4.78 is 12.6. The summed E-state index contributed by atoms with van der Waals surface area (Å²) in [6, 6.07) is 2.31. The zero-order chi connectivity index (χ0) is 13.2. The maximum absolute atomic E-state index is 12.6. The van der Waals surface area contributed by atoms with Crippen LogP contribution in [0.2, 0.25) is 0 Å². The van der Waals surface area contributed by atoms with Crippen molar-refractivity contribution in [1.29, 1.82) is 0 Å². The summed E-state index contributed by atoms with van der Waals surface area (Å²) in [7, 11) is 1.36. The maximum atomic E-state index is 12.6. The van der Waals surface area contributed by atoms with E-state index in [0.717, 1.165) is 17.2 Å². The molecule has 0 saturated carbocycles. The number of likely N-dealkylation sites (N-methyl/N-ethyl adjacent to an activating group) is 1. The topological polar surface area (TPSA) is 70.5 Å². The van der Waals surface area contributed by atoms with Gasteiger partial charge in [-0.2, -0.15) is 0 Å². The van der Waals surface area contributed by atoms with E-state index >= 15 is 0 Å². The summed E-state index contributed by atoms with van der Waals surface area (Å²) in [5.74, 6) is -2.26.